The van der Waals surface area contributed by atoms with E-state index in [2.05, 4.69) is 0 Å². The van der Waals surface area contributed by atoms with E-state index in [1.54, 1.807) is 0 Å². The Morgan fingerprint density at radius 3 is 0.824 bits per heavy atom. The molecule has 17 heavy (non-hydrogen) atoms. The standard InChI is InChI=1S/4C2H5O.4CH3.Ta/c4*1-2-3;;;;;/h4*2H2,1H3;4*1H3;/q4*-1;;;;;+4. The molecule has 0 aromatic carbocycles. The van der Waals surface area contributed by atoms with Crippen molar-refractivity contribution in [2.45, 2.75) is 48.3 Å². The molecule has 0 aliphatic rings. The SMILES string of the molecule is CC[O][Ta]([CH3])([CH3])([CH3])([CH3])([O]CC)([O]CC)[O]CC. The van der Waals surface area contributed by atoms with Gasteiger partial charge in [0.2, 0.25) is 0 Å². The van der Waals surface area contributed by atoms with E-state index in [-0.39, 0.29) is 0 Å². The van der Waals surface area contributed by atoms with Gasteiger partial charge in [0.25, 0.3) is 0 Å². The third-order valence-electron chi connectivity index (χ3n) is 3.21. The average Bonchev–Trinajstić information content (AvgIpc) is 2.01. The fourth-order valence-electron chi connectivity index (χ4n) is 2.92. The summed E-state index contributed by atoms with van der Waals surface area (Å²) in [6.45, 7) is 9.64. The number of rotatable bonds is 8. The Labute approximate surface area is 101 Å². The average molecular weight is 421 g/mol. The summed E-state index contributed by atoms with van der Waals surface area (Å²) in [5.41, 5.74) is 0. The third-order valence-corrected chi connectivity index (χ3v) is 26.3. The Morgan fingerprint density at radius 1 is 0.529 bits per heavy atom. The first-order chi connectivity index (χ1) is 7.24. The van der Waals surface area contributed by atoms with Gasteiger partial charge in [-0.05, 0) is 0 Å². The van der Waals surface area contributed by atoms with E-state index in [0.29, 0.717) is 26.4 Å². The zero-order valence-electron chi connectivity index (χ0n) is 12.9. The first-order valence-electron chi connectivity index (χ1n) is 6.50. The summed E-state index contributed by atoms with van der Waals surface area (Å²) in [4.78, 5) is 0. The second-order valence-corrected chi connectivity index (χ2v) is 54.9. The van der Waals surface area contributed by atoms with Gasteiger partial charge in [-0.25, -0.2) is 0 Å². The van der Waals surface area contributed by atoms with Gasteiger partial charge in [-0.3, -0.25) is 0 Å². The zero-order chi connectivity index (χ0) is 14.0. The van der Waals surface area contributed by atoms with Gasteiger partial charge in [-0.1, -0.05) is 0 Å². The van der Waals surface area contributed by atoms with Gasteiger partial charge in [0, 0.05) is 0 Å². The topological polar surface area (TPSA) is 36.9 Å². The van der Waals surface area contributed by atoms with Crippen molar-refractivity contribution in [3.63, 3.8) is 0 Å². The van der Waals surface area contributed by atoms with E-state index in [4.69, 9.17) is 13.0 Å². The quantitative estimate of drug-likeness (QED) is 0.586. The first kappa shape index (κ1) is 17.6. The van der Waals surface area contributed by atoms with Crippen LogP contribution in [0.5, 0.6) is 0 Å². The van der Waals surface area contributed by atoms with Crippen LogP contribution in [0.1, 0.15) is 27.7 Å². The van der Waals surface area contributed by atoms with Gasteiger partial charge < -0.3 is 0 Å². The third kappa shape index (κ3) is 3.32. The van der Waals surface area contributed by atoms with Crippen molar-refractivity contribution in [2.75, 3.05) is 26.4 Å². The molecular formula is C12H32O4Ta. The van der Waals surface area contributed by atoms with Gasteiger partial charge >= 0.3 is 101 Å². The van der Waals surface area contributed by atoms with Crippen LogP contribution in [-0.4, -0.2) is 26.4 Å². The number of hydrogen-bond acceptors (Lipinski definition) is 4. The molecule has 5 heteroatoms. The first-order valence-corrected chi connectivity index (χ1v) is 24.6. The molecule has 0 aliphatic heterocycles. The van der Waals surface area contributed by atoms with Crippen LogP contribution in [0.2, 0.25) is 20.6 Å². The summed E-state index contributed by atoms with van der Waals surface area (Å²) in [5.74, 6) is 0. The van der Waals surface area contributed by atoms with Crippen molar-refractivity contribution < 1.29 is 26.4 Å². The van der Waals surface area contributed by atoms with Crippen molar-refractivity contribution in [1.82, 2.24) is 0 Å². The molecule has 0 saturated heterocycles. The second-order valence-electron chi connectivity index (χ2n) is 7.72. The van der Waals surface area contributed by atoms with Crippen LogP contribution in [0, 0.1) is 0 Å². The summed E-state index contributed by atoms with van der Waals surface area (Å²) < 4.78 is 24.9. The normalized spacial score (nSPS) is 22.1. The Kier molecular flexibility index (Phi) is 3.11. The summed E-state index contributed by atoms with van der Waals surface area (Å²) >= 11 is -5.95. The molecule has 0 aliphatic carbocycles. The number of hydrogen-bond donors (Lipinski definition) is 0. The van der Waals surface area contributed by atoms with Gasteiger partial charge in [0.05, 0.1) is 0 Å². The molecule has 0 amide bonds. The van der Waals surface area contributed by atoms with E-state index in [1.165, 1.54) is 0 Å². The predicted octanol–water partition coefficient (Wildman–Crippen LogP) is 4.28. The van der Waals surface area contributed by atoms with E-state index in [9.17, 15) is 0 Å². The molecule has 0 bridgehead atoms. The maximum absolute atomic E-state index is 6.21. The molecule has 109 valence electrons. The molecule has 0 spiro atoms. The molecule has 0 N–H and O–H groups in total. The molecule has 4 nitrogen and oxygen atoms in total. The molecule has 0 rings (SSSR count). The van der Waals surface area contributed by atoms with Crippen LogP contribution in [0.4, 0.5) is 0 Å². The molecule has 0 atom stereocenters. The zero-order valence-corrected chi connectivity index (χ0v) is 16.1. The molecule has 0 aromatic heterocycles. The van der Waals surface area contributed by atoms with Crippen molar-refractivity contribution in [2.24, 2.45) is 0 Å². The Hall–Kier alpha value is 0.580. The summed E-state index contributed by atoms with van der Waals surface area (Å²) in [7, 11) is 0. The molecule has 0 fully saturated rings. The Bertz CT molecular complexity index is 280. The van der Waals surface area contributed by atoms with Crippen molar-refractivity contribution in [3.8, 4) is 0 Å². The van der Waals surface area contributed by atoms with Gasteiger partial charge in [-0.15, -0.1) is 0 Å². The maximum atomic E-state index is 6.21. The summed E-state index contributed by atoms with van der Waals surface area (Å²) in [6, 6.07) is 0. The van der Waals surface area contributed by atoms with Crippen molar-refractivity contribution >= 4 is 0 Å². The van der Waals surface area contributed by atoms with Crippen LogP contribution >= 0.6 is 0 Å². The van der Waals surface area contributed by atoms with E-state index >= 15 is 0 Å². The van der Waals surface area contributed by atoms with Crippen LogP contribution < -0.4 is 0 Å². The molecule has 0 unspecified atom stereocenters. The molecule has 0 saturated carbocycles. The molecular weight excluding hydrogens is 389 g/mol. The summed E-state index contributed by atoms with van der Waals surface area (Å²) in [5, 5.41) is 7.64. The predicted molar refractivity (Wildman–Crippen MR) is 70.0 cm³/mol. The molecule has 0 radical (unpaired) electrons. The van der Waals surface area contributed by atoms with E-state index < -0.39 is 13.5 Å². The van der Waals surface area contributed by atoms with E-state index in [0.717, 1.165) is 0 Å². The Balaban J connectivity index is 6.29. The Morgan fingerprint density at radius 2 is 0.706 bits per heavy atom. The van der Waals surface area contributed by atoms with Crippen LogP contribution in [0.25, 0.3) is 0 Å². The second kappa shape index (κ2) is 3.01. The molecule has 0 aromatic rings. The minimum atomic E-state index is -5.95. The van der Waals surface area contributed by atoms with Gasteiger partial charge in [-0.2, -0.15) is 0 Å². The van der Waals surface area contributed by atoms with Crippen LogP contribution in [0.3, 0.4) is 0 Å². The fraction of sp³-hybridized carbons (Fsp3) is 1.00. The summed E-state index contributed by atoms with van der Waals surface area (Å²) in [6.07, 6.45) is 0. The minimum absolute atomic E-state index is 0.478. The van der Waals surface area contributed by atoms with Crippen LogP contribution in [-0.2, 0) is 26.4 Å². The van der Waals surface area contributed by atoms with Crippen LogP contribution in [0.15, 0.2) is 0 Å². The van der Waals surface area contributed by atoms with Crippen molar-refractivity contribution in [1.29, 1.82) is 0 Å². The monoisotopic (exact) mass is 421 g/mol. The van der Waals surface area contributed by atoms with E-state index in [1.807, 2.05) is 48.3 Å². The fourth-order valence-corrected chi connectivity index (χ4v) is 23.9. The van der Waals surface area contributed by atoms with Crippen molar-refractivity contribution in [3.05, 3.63) is 0 Å². The van der Waals surface area contributed by atoms with Gasteiger partial charge in [0.1, 0.15) is 0 Å². The molecule has 0 heterocycles. The van der Waals surface area contributed by atoms with Gasteiger partial charge in [0.15, 0.2) is 0 Å².